The smallest absolute Gasteiger partial charge is 0.255 e. The number of carbonyl (C=O) groups excluding carboxylic acids is 1. The summed E-state index contributed by atoms with van der Waals surface area (Å²) in [6.07, 6.45) is 3.23. The van der Waals surface area contributed by atoms with Crippen molar-refractivity contribution >= 4 is 32.5 Å². The van der Waals surface area contributed by atoms with Gasteiger partial charge in [-0.3, -0.25) is 14.5 Å². The zero-order valence-corrected chi connectivity index (χ0v) is 20.9. The molecule has 1 amide bonds. The topological polar surface area (TPSA) is 60.3 Å². The minimum atomic E-state index is -1.80. The number of pyridine rings is 1. The van der Waals surface area contributed by atoms with Gasteiger partial charge in [0.25, 0.3) is 5.91 Å². The van der Waals surface area contributed by atoms with Crippen molar-refractivity contribution in [2.45, 2.75) is 18.5 Å². The van der Waals surface area contributed by atoms with Crippen molar-refractivity contribution in [3.05, 3.63) is 113 Å². The molecule has 0 bridgehead atoms. The van der Waals surface area contributed by atoms with E-state index in [0.717, 1.165) is 10.5 Å². The van der Waals surface area contributed by atoms with Gasteiger partial charge in [0.05, 0.1) is 33.5 Å². The zero-order valence-electron chi connectivity index (χ0n) is 20.9. The van der Waals surface area contributed by atoms with Crippen LogP contribution < -0.4 is 4.74 Å². The predicted octanol–water partition coefficient (Wildman–Crippen LogP) is 4.60. The molecule has 0 atom stereocenters. The van der Waals surface area contributed by atoms with E-state index in [2.05, 4.69) is 10.1 Å². The minimum Gasteiger partial charge on any atom is -0.487 e. The molecule has 188 valence electrons. The Morgan fingerprint density at radius 1 is 0.974 bits per heavy atom. The molecule has 6 rings (SSSR count). The van der Waals surface area contributed by atoms with E-state index in [9.17, 15) is 4.79 Å². The van der Waals surface area contributed by atoms with Crippen molar-refractivity contribution < 1.29 is 18.3 Å². The van der Waals surface area contributed by atoms with E-state index in [-0.39, 0.29) is 16.8 Å². The lowest BCUT2D eigenvalue weighted by atomic mass is 9.59. The summed E-state index contributed by atoms with van der Waals surface area (Å²) in [5, 5.41) is 3.38. The first kappa shape index (κ1) is 24.9. The quantitative estimate of drug-likeness (QED) is 0.310. The molecule has 5 aromatic rings. The number of halogens is 2. The molecule has 0 N–H and O–H groups in total. The van der Waals surface area contributed by atoms with Crippen molar-refractivity contribution in [2.75, 3.05) is 0 Å². The molecule has 0 spiro atoms. The van der Waals surface area contributed by atoms with Crippen LogP contribution in [0.1, 0.15) is 27.2 Å². The largest absolute Gasteiger partial charge is 0.487 e. The average molecular weight is 516 g/mol. The van der Waals surface area contributed by atoms with E-state index in [4.69, 9.17) is 20.4 Å². The molecule has 3 aromatic carbocycles. The molecule has 2 aromatic heterocycles. The third kappa shape index (κ3) is 4.26. The summed E-state index contributed by atoms with van der Waals surface area (Å²) in [7, 11) is 14.1. The van der Waals surface area contributed by atoms with Gasteiger partial charge in [-0.1, -0.05) is 30.3 Å². The molecule has 0 aliphatic carbocycles. The lowest BCUT2D eigenvalue weighted by Gasteiger charge is -2.33. The fourth-order valence-electron chi connectivity index (χ4n) is 4.91. The van der Waals surface area contributed by atoms with Crippen LogP contribution in [0.4, 0.5) is 8.78 Å². The highest BCUT2D eigenvalue weighted by Crippen LogP contribution is 2.38. The third-order valence-electron chi connectivity index (χ3n) is 6.87. The van der Waals surface area contributed by atoms with Gasteiger partial charge in [0.2, 0.25) is 0 Å². The number of fused-ring (bicyclic) bond motifs is 2. The number of aryl methyl sites for hydroxylation is 1. The summed E-state index contributed by atoms with van der Waals surface area (Å²) in [5.41, 5.74) is 2.49. The van der Waals surface area contributed by atoms with Crippen LogP contribution in [0, 0.1) is 11.6 Å². The maximum absolute atomic E-state index is 15.4. The lowest BCUT2D eigenvalue weighted by molar-refractivity contribution is 0.0727. The molecule has 0 saturated heterocycles. The molecule has 4 radical (unpaired) electrons. The number of benzene rings is 3. The van der Waals surface area contributed by atoms with Crippen molar-refractivity contribution in [3.8, 4) is 16.9 Å². The summed E-state index contributed by atoms with van der Waals surface area (Å²) in [6.45, 7) is -0.114. The van der Waals surface area contributed by atoms with E-state index in [1.807, 2.05) is 30.3 Å². The van der Waals surface area contributed by atoms with Crippen LogP contribution in [-0.4, -0.2) is 41.3 Å². The summed E-state index contributed by atoms with van der Waals surface area (Å²) < 4.78 is 38.5. The molecule has 0 unspecified atom stereocenters. The van der Waals surface area contributed by atoms with Crippen molar-refractivity contribution in [2.24, 2.45) is 7.05 Å². The molecule has 10 heteroatoms. The number of rotatable bonds is 6. The average Bonchev–Trinajstić information content (AvgIpc) is 3.40. The van der Waals surface area contributed by atoms with Gasteiger partial charge < -0.3 is 9.64 Å². The highest BCUT2D eigenvalue weighted by Gasteiger charge is 2.43. The molecule has 3 heterocycles. The van der Waals surface area contributed by atoms with Crippen LogP contribution >= 0.6 is 0 Å². The number of hydrogen-bond donors (Lipinski definition) is 0. The fraction of sp³-hybridized carbons (Fsp3) is 0.138. The molecule has 0 fully saturated rings. The second kappa shape index (κ2) is 9.38. The first-order valence-corrected chi connectivity index (χ1v) is 12.2. The number of ether oxygens (including phenoxy) is 1. The Morgan fingerprint density at radius 3 is 2.44 bits per heavy atom. The van der Waals surface area contributed by atoms with Gasteiger partial charge in [-0.15, -0.1) is 0 Å². The van der Waals surface area contributed by atoms with Crippen LogP contribution in [0.5, 0.6) is 5.75 Å². The first-order chi connectivity index (χ1) is 18.7. The highest BCUT2D eigenvalue weighted by atomic mass is 19.1. The van der Waals surface area contributed by atoms with Gasteiger partial charge in [-0.05, 0) is 53.1 Å². The zero-order chi connectivity index (χ0) is 27.3. The van der Waals surface area contributed by atoms with Crippen LogP contribution in [0.15, 0.2) is 79.1 Å². The Bertz CT molecular complexity index is 1720. The van der Waals surface area contributed by atoms with Crippen LogP contribution in [-0.2, 0) is 25.5 Å². The van der Waals surface area contributed by atoms with Gasteiger partial charge in [0.1, 0.15) is 29.5 Å². The van der Waals surface area contributed by atoms with Crippen molar-refractivity contribution in [1.82, 2.24) is 19.7 Å². The van der Waals surface area contributed by atoms with E-state index in [1.54, 1.807) is 36.1 Å². The Labute approximate surface area is 226 Å². The van der Waals surface area contributed by atoms with E-state index in [1.165, 1.54) is 24.4 Å². The van der Waals surface area contributed by atoms with Crippen molar-refractivity contribution in [1.29, 1.82) is 0 Å². The van der Waals surface area contributed by atoms with Gasteiger partial charge in [0.15, 0.2) is 0 Å². The molecule has 39 heavy (non-hydrogen) atoms. The Morgan fingerprint density at radius 2 is 1.72 bits per heavy atom. The maximum atomic E-state index is 15.4. The van der Waals surface area contributed by atoms with Crippen LogP contribution in [0.25, 0.3) is 22.0 Å². The normalized spacial score (nSPS) is 14.1. The highest BCUT2D eigenvalue weighted by molar-refractivity contribution is 6.42. The second-order valence-corrected chi connectivity index (χ2v) is 9.49. The monoisotopic (exact) mass is 516 g/mol. The molecule has 6 nitrogen and oxygen atoms in total. The number of carbonyl (C=O) groups is 1. The Kier molecular flexibility index (Phi) is 5.98. The van der Waals surface area contributed by atoms with Crippen LogP contribution in [0.3, 0.4) is 0 Å². The van der Waals surface area contributed by atoms with Gasteiger partial charge in [-0.2, -0.15) is 5.10 Å². The van der Waals surface area contributed by atoms with Gasteiger partial charge in [0, 0.05) is 35.7 Å². The molecular formula is C29H20B2F2N4O2. The first-order valence-electron chi connectivity index (χ1n) is 12.2. The second-order valence-electron chi connectivity index (χ2n) is 9.49. The number of hydrogen-bond acceptors (Lipinski definition) is 4. The van der Waals surface area contributed by atoms with Crippen molar-refractivity contribution in [3.63, 3.8) is 0 Å². The van der Waals surface area contributed by atoms with Gasteiger partial charge >= 0.3 is 0 Å². The number of amides is 1. The minimum absolute atomic E-state index is 0.154. The molecule has 1 aliphatic heterocycles. The third-order valence-corrected chi connectivity index (χ3v) is 6.87. The summed E-state index contributed by atoms with van der Waals surface area (Å²) in [4.78, 5) is 18.0. The molecule has 1 aliphatic rings. The summed E-state index contributed by atoms with van der Waals surface area (Å²) >= 11 is 0. The SMILES string of the molecule is [B]C1([B])c2ncccc2C(=O)N1Cc1c(F)cc(-c2ccc(OCc3ccccc3)c3nn(C)cc23)cc1F. The standard InChI is InChI=1S/C29H20B2F2N4O2/c1-36-14-21-19(9-10-25(26(21)35-36)39-16-17-6-3-2-4-7-17)18-12-23(32)22(24(33)13-18)15-37-28(38)20-8-5-11-34-27(20)29(37,30)31/h2-14H,15-16H2,1H3. The lowest BCUT2D eigenvalue weighted by Crippen LogP contribution is -2.45. The number of nitrogens with zero attached hydrogens (tertiary/aromatic N) is 4. The molecule has 0 saturated carbocycles. The summed E-state index contributed by atoms with van der Waals surface area (Å²) in [5.74, 6) is -1.66. The van der Waals surface area contributed by atoms with E-state index >= 15 is 8.78 Å². The fourth-order valence-corrected chi connectivity index (χ4v) is 4.91. The number of aromatic nitrogens is 3. The Hall–Kier alpha value is -4.46. The predicted molar refractivity (Wildman–Crippen MR) is 144 cm³/mol. The van der Waals surface area contributed by atoms with E-state index in [0.29, 0.717) is 34.4 Å². The molecular weight excluding hydrogens is 496 g/mol. The Balaban J connectivity index is 1.33. The summed E-state index contributed by atoms with van der Waals surface area (Å²) in [6, 6.07) is 18.8. The van der Waals surface area contributed by atoms with Crippen LogP contribution in [0.2, 0.25) is 0 Å². The van der Waals surface area contributed by atoms with Gasteiger partial charge in [-0.25, -0.2) is 8.78 Å². The van der Waals surface area contributed by atoms with E-state index < -0.39 is 29.4 Å². The maximum Gasteiger partial charge on any atom is 0.255 e.